The summed E-state index contributed by atoms with van der Waals surface area (Å²) in [6.45, 7) is 6.75. The molecule has 3 N–H and O–H groups in total. The lowest BCUT2D eigenvalue weighted by Gasteiger charge is -2.45. The number of halogens is 1. The van der Waals surface area contributed by atoms with E-state index >= 15 is 0 Å². The first-order valence-corrected chi connectivity index (χ1v) is 13.8. The third kappa shape index (κ3) is 4.89. The lowest BCUT2D eigenvalue weighted by molar-refractivity contribution is -0.127. The summed E-state index contributed by atoms with van der Waals surface area (Å²) in [7, 11) is 0. The molecular formula is C30H34ClN7O. The molecule has 39 heavy (non-hydrogen) atoms. The number of allylic oxidation sites excluding steroid dienone is 5. The quantitative estimate of drug-likeness (QED) is 0.298. The fourth-order valence-electron chi connectivity index (χ4n) is 6.13. The van der Waals surface area contributed by atoms with Crippen LogP contribution in [0.3, 0.4) is 0 Å². The number of amides is 1. The van der Waals surface area contributed by atoms with Gasteiger partial charge in [-0.25, -0.2) is 4.68 Å². The Morgan fingerprint density at radius 2 is 1.79 bits per heavy atom. The summed E-state index contributed by atoms with van der Waals surface area (Å²) in [5.74, 6) is -0.604. The van der Waals surface area contributed by atoms with Crippen molar-refractivity contribution in [1.82, 2.24) is 30.4 Å². The zero-order chi connectivity index (χ0) is 27.6. The molecule has 0 bridgehead atoms. The topological polar surface area (TPSA) is 115 Å². The molecule has 2 heterocycles. The smallest absolute Gasteiger partial charge is 0.250 e. The molecule has 0 fully saturated rings. The van der Waals surface area contributed by atoms with Crippen molar-refractivity contribution < 1.29 is 4.79 Å². The van der Waals surface area contributed by atoms with Gasteiger partial charge in [-0.15, -0.1) is 5.10 Å². The van der Waals surface area contributed by atoms with Crippen molar-refractivity contribution in [2.45, 2.75) is 52.0 Å². The average Bonchev–Trinajstić information content (AvgIpc) is 3.58. The summed E-state index contributed by atoms with van der Waals surface area (Å²) in [6.07, 6.45) is 12.2. The van der Waals surface area contributed by atoms with E-state index in [-0.39, 0.29) is 17.3 Å². The van der Waals surface area contributed by atoms with Crippen LogP contribution in [0.4, 0.5) is 0 Å². The number of fused-ring (bicyclic) bond motifs is 2. The molecular weight excluding hydrogens is 510 g/mol. The SMILES string of the molecule is CCC(C1=CCCCC1(C)C)C1C=C(Cl)C=CC1(C(N)=O)n1nnc2ccccc21.c1ccc2n[nH]nc2c1. The van der Waals surface area contributed by atoms with Crippen molar-refractivity contribution >= 4 is 39.6 Å². The minimum absolute atomic E-state index is 0.0637. The molecule has 6 rings (SSSR count). The number of H-pyrrole nitrogens is 1. The predicted molar refractivity (Wildman–Crippen MR) is 155 cm³/mol. The normalized spacial score (nSPS) is 23.0. The maximum absolute atomic E-state index is 13.2. The number of nitrogens with one attached hydrogen (secondary N) is 1. The number of hydrogen-bond acceptors (Lipinski definition) is 5. The fraction of sp³-hybridized carbons (Fsp3) is 0.367. The second-order valence-corrected chi connectivity index (χ2v) is 11.3. The van der Waals surface area contributed by atoms with Crippen molar-refractivity contribution in [3.8, 4) is 0 Å². The van der Waals surface area contributed by atoms with Gasteiger partial charge in [0.1, 0.15) is 16.6 Å². The minimum atomic E-state index is -1.18. The third-order valence-electron chi connectivity index (χ3n) is 8.09. The van der Waals surface area contributed by atoms with Gasteiger partial charge < -0.3 is 5.73 Å². The van der Waals surface area contributed by atoms with Crippen LogP contribution in [0.25, 0.3) is 22.1 Å². The number of aromatic amines is 1. The van der Waals surface area contributed by atoms with Crippen LogP contribution in [-0.2, 0) is 10.3 Å². The van der Waals surface area contributed by atoms with Gasteiger partial charge in [0.2, 0.25) is 5.91 Å². The third-order valence-corrected chi connectivity index (χ3v) is 8.34. The van der Waals surface area contributed by atoms with E-state index < -0.39 is 11.4 Å². The summed E-state index contributed by atoms with van der Waals surface area (Å²) in [5, 5.41) is 19.6. The van der Waals surface area contributed by atoms with Gasteiger partial charge in [-0.3, -0.25) is 4.79 Å². The number of rotatable bonds is 5. The summed E-state index contributed by atoms with van der Waals surface area (Å²) >= 11 is 6.49. The van der Waals surface area contributed by atoms with Crippen LogP contribution in [0.5, 0.6) is 0 Å². The van der Waals surface area contributed by atoms with E-state index in [9.17, 15) is 4.79 Å². The summed E-state index contributed by atoms with van der Waals surface area (Å²) < 4.78 is 1.70. The Kier molecular flexibility index (Phi) is 7.40. The van der Waals surface area contributed by atoms with E-state index in [2.05, 4.69) is 52.6 Å². The Labute approximate surface area is 233 Å². The molecule has 0 saturated carbocycles. The molecule has 2 aliphatic carbocycles. The van der Waals surface area contributed by atoms with Crippen LogP contribution in [-0.4, -0.2) is 36.3 Å². The lowest BCUT2D eigenvalue weighted by Crippen LogP contribution is -2.54. The van der Waals surface area contributed by atoms with Crippen LogP contribution >= 0.6 is 11.6 Å². The molecule has 9 heteroatoms. The Morgan fingerprint density at radius 3 is 2.44 bits per heavy atom. The number of carbonyl (C=O) groups excluding carboxylic acids is 1. The highest BCUT2D eigenvalue weighted by Crippen LogP contribution is 2.50. The summed E-state index contributed by atoms with van der Waals surface area (Å²) in [5.41, 5.74) is 9.75. The van der Waals surface area contributed by atoms with Gasteiger partial charge in [0.05, 0.1) is 5.52 Å². The van der Waals surface area contributed by atoms with E-state index in [1.54, 1.807) is 10.8 Å². The van der Waals surface area contributed by atoms with Crippen molar-refractivity contribution in [2.24, 2.45) is 23.0 Å². The van der Waals surface area contributed by atoms with Crippen molar-refractivity contribution in [3.63, 3.8) is 0 Å². The number of primary amides is 1. The molecule has 8 nitrogen and oxygen atoms in total. The first-order valence-electron chi connectivity index (χ1n) is 13.4. The Morgan fingerprint density at radius 1 is 1.13 bits per heavy atom. The van der Waals surface area contributed by atoms with Crippen LogP contribution < -0.4 is 5.73 Å². The maximum Gasteiger partial charge on any atom is 0.250 e. The fourth-order valence-corrected chi connectivity index (χ4v) is 6.33. The molecule has 202 valence electrons. The highest BCUT2D eigenvalue weighted by molar-refractivity contribution is 6.31. The lowest BCUT2D eigenvalue weighted by atomic mass is 9.62. The molecule has 0 spiro atoms. The number of nitrogens with zero attached hydrogens (tertiary/aromatic N) is 5. The Bertz CT molecular complexity index is 1550. The summed E-state index contributed by atoms with van der Waals surface area (Å²) in [4.78, 5) is 13.2. The average molecular weight is 544 g/mol. The molecule has 4 aromatic rings. The van der Waals surface area contributed by atoms with E-state index in [1.807, 2.05) is 60.7 Å². The molecule has 1 amide bonds. The largest absolute Gasteiger partial charge is 0.367 e. The van der Waals surface area contributed by atoms with Crippen molar-refractivity contribution in [1.29, 1.82) is 0 Å². The van der Waals surface area contributed by atoms with Gasteiger partial charge in [0.15, 0.2) is 5.54 Å². The van der Waals surface area contributed by atoms with Crippen molar-refractivity contribution in [2.75, 3.05) is 0 Å². The minimum Gasteiger partial charge on any atom is -0.367 e. The van der Waals surface area contributed by atoms with E-state index in [0.717, 1.165) is 41.3 Å². The predicted octanol–water partition coefficient (Wildman–Crippen LogP) is 6.04. The van der Waals surface area contributed by atoms with E-state index in [4.69, 9.17) is 17.3 Å². The zero-order valence-electron chi connectivity index (χ0n) is 22.5. The maximum atomic E-state index is 13.2. The zero-order valence-corrected chi connectivity index (χ0v) is 23.3. The van der Waals surface area contributed by atoms with E-state index in [1.165, 1.54) is 12.0 Å². The second kappa shape index (κ2) is 10.8. The first kappa shape index (κ1) is 26.8. The monoisotopic (exact) mass is 543 g/mol. The van der Waals surface area contributed by atoms with Crippen LogP contribution in [0.1, 0.15) is 46.5 Å². The van der Waals surface area contributed by atoms with E-state index in [0.29, 0.717) is 5.03 Å². The Hall–Kier alpha value is -3.78. The second-order valence-electron chi connectivity index (χ2n) is 10.9. The number of hydrogen-bond donors (Lipinski definition) is 2. The van der Waals surface area contributed by atoms with Gasteiger partial charge in [0, 0.05) is 11.0 Å². The van der Waals surface area contributed by atoms with Gasteiger partial charge >= 0.3 is 0 Å². The van der Waals surface area contributed by atoms with Gasteiger partial charge in [0.25, 0.3) is 0 Å². The summed E-state index contributed by atoms with van der Waals surface area (Å²) in [6, 6.07) is 15.4. The van der Waals surface area contributed by atoms with Gasteiger partial charge in [-0.2, -0.15) is 15.4 Å². The number of nitrogens with two attached hydrogens (primary N) is 1. The first-order chi connectivity index (χ1) is 18.8. The highest BCUT2D eigenvalue weighted by Gasteiger charge is 2.51. The number of carbonyl (C=O) groups is 1. The number of para-hydroxylation sites is 3. The van der Waals surface area contributed by atoms with Gasteiger partial charge in [-0.1, -0.05) is 79.6 Å². The number of benzene rings is 2. The highest BCUT2D eigenvalue weighted by atomic mass is 35.5. The molecule has 0 saturated heterocycles. The molecule has 3 atom stereocenters. The number of aromatic nitrogens is 6. The van der Waals surface area contributed by atoms with Crippen molar-refractivity contribution in [3.05, 3.63) is 83.4 Å². The molecule has 0 radical (unpaired) electrons. The van der Waals surface area contributed by atoms with Crippen LogP contribution in [0.15, 0.2) is 83.4 Å². The standard InChI is InChI=1S/C24H29ClN4O.C6H5N3/c1-4-17(18-9-7-8-13-23(18,2)3)19-15-16(25)12-14-24(19,22(26)30)29-21-11-6-5-10-20(21)27-28-29;1-2-4-6-5(3-1)7-9-8-6/h5-6,9-12,14-15,17,19H,4,7-8,13H2,1-3H3,(H2,26,30);1-4H,(H,7,8,9). The Balaban J connectivity index is 0.000000287. The molecule has 0 aliphatic heterocycles. The van der Waals surface area contributed by atoms with Crippen LogP contribution in [0.2, 0.25) is 0 Å². The molecule has 3 unspecified atom stereocenters. The molecule has 2 aromatic carbocycles. The van der Waals surface area contributed by atoms with Crippen LogP contribution in [0, 0.1) is 17.3 Å². The van der Waals surface area contributed by atoms with Gasteiger partial charge in [-0.05, 0) is 73.4 Å². The molecule has 2 aromatic heterocycles. The molecule has 2 aliphatic rings.